The van der Waals surface area contributed by atoms with Gasteiger partial charge in [-0.3, -0.25) is 9.00 Å². The first-order valence-corrected chi connectivity index (χ1v) is 9.39. The van der Waals surface area contributed by atoms with Gasteiger partial charge in [0.2, 0.25) is 0 Å². The minimum atomic E-state index is -0.968. The van der Waals surface area contributed by atoms with Gasteiger partial charge in [-0.25, -0.2) is 0 Å². The van der Waals surface area contributed by atoms with Crippen molar-refractivity contribution in [3.8, 4) is 0 Å². The molecule has 1 saturated heterocycles. The first-order chi connectivity index (χ1) is 8.53. The predicted octanol–water partition coefficient (Wildman–Crippen LogP) is 3.76. The molecule has 0 spiro atoms. The quantitative estimate of drug-likeness (QED) is 0.669. The number of Topliss-reactive ketones (excluding diaryl/α,β-unsaturated/α-hetero) is 1. The molecule has 0 N–H and O–H groups in total. The van der Waals surface area contributed by atoms with Crippen molar-refractivity contribution < 1.29 is 9.00 Å². The smallest absolute Gasteiger partial charge is 0.161 e. The first-order valence-electron chi connectivity index (χ1n) is 7.08. The number of thioether (sulfide) groups is 1. The minimum absolute atomic E-state index is 0.233. The van der Waals surface area contributed by atoms with Crippen molar-refractivity contribution in [2.45, 2.75) is 63.4 Å². The van der Waals surface area contributed by atoms with E-state index in [4.69, 9.17) is 0 Å². The van der Waals surface area contributed by atoms with Gasteiger partial charge in [-0.15, -0.1) is 11.8 Å². The van der Waals surface area contributed by atoms with E-state index in [9.17, 15) is 9.00 Å². The van der Waals surface area contributed by atoms with Crippen molar-refractivity contribution in [2.75, 3.05) is 11.5 Å². The number of hydrogen-bond acceptors (Lipinski definition) is 3. The zero-order valence-electron chi connectivity index (χ0n) is 11.9. The maximum Gasteiger partial charge on any atom is 0.161 e. The van der Waals surface area contributed by atoms with Gasteiger partial charge in [0.05, 0.1) is 0 Å². The van der Waals surface area contributed by atoms with Crippen molar-refractivity contribution in [1.82, 2.24) is 0 Å². The zero-order valence-corrected chi connectivity index (χ0v) is 13.5. The van der Waals surface area contributed by atoms with E-state index >= 15 is 0 Å². The Kier molecular flexibility index (Phi) is 6.93. The minimum Gasteiger partial charge on any atom is -0.297 e. The molecule has 0 amide bonds. The van der Waals surface area contributed by atoms with Crippen LogP contribution in [0.4, 0.5) is 0 Å². The van der Waals surface area contributed by atoms with E-state index in [0.717, 1.165) is 25.0 Å². The van der Waals surface area contributed by atoms with E-state index in [1.165, 1.54) is 6.42 Å². The van der Waals surface area contributed by atoms with Crippen LogP contribution in [0.3, 0.4) is 0 Å². The van der Waals surface area contributed by atoms with Crippen LogP contribution < -0.4 is 0 Å². The summed E-state index contributed by atoms with van der Waals surface area (Å²) in [6, 6.07) is 0. The van der Waals surface area contributed by atoms with Gasteiger partial charge in [-0.2, -0.15) is 0 Å². The van der Waals surface area contributed by atoms with Crippen LogP contribution in [0.2, 0.25) is 0 Å². The average Bonchev–Trinajstić information content (AvgIpc) is 2.35. The number of hydrogen-bond donors (Lipinski definition) is 0. The van der Waals surface area contributed by atoms with E-state index in [-0.39, 0.29) is 5.78 Å². The van der Waals surface area contributed by atoms with E-state index in [1.54, 1.807) is 11.8 Å². The molecule has 0 aromatic rings. The van der Waals surface area contributed by atoms with Crippen molar-refractivity contribution in [1.29, 1.82) is 0 Å². The third kappa shape index (κ3) is 4.09. The zero-order chi connectivity index (χ0) is 13.6. The second kappa shape index (κ2) is 7.68. The molecule has 0 aromatic heterocycles. The lowest BCUT2D eigenvalue weighted by Crippen LogP contribution is -2.43. The van der Waals surface area contributed by atoms with Crippen LogP contribution in [0.1, 0.15) is 59.3 Å². The van der Waals surface area contributed by atoms with Gasteiger partial charge < -0.3 is 0 Å². The Morgan fingerprint density at radius 1 is 1.39 bits per heavy atom. The molecule has 1 unspecified atom stereocenters. The highest BCUT2D eigenvalue weighted by Crippen LogP contribution is 2.39. The van der Waals surface area contributed by atoms with Crippen molar-refractivity contribution >= 4 is 28.3 Å². The largest absolute Gasteiger partial charge is 0.297 e. The van der Waals surface area contributed by atoms with E-state index in [2.05, 4.69) is 13.8 Å². The normalized spacial score (nSPS) is 28.6. The third-order valence-corrected chi connectivity index (χ3v) is 7.80. The SMILES string of the molecule is CC[C@@]1(C(=O)CCCCC(C)C)SCCCS1=O. The third-order valence-electron chi connectivity index (χ3n) is 3.50. The molecule has 1 fully saturated rings. The van der Waals surface area contributed by atoms with Gasteiger partial charge in [0.1, 0.15) is 4.08 Å². The molecule has 1 heterocycles. The highest BCUT2D eigenvalue weighted by molar-refractivity contribution is 8.14. The molecule has 0 bridgehead atoms. The molecule has 0 aliphatic carbocycles. The summed E-state index contributed by atoms with van der Waals surface area (Å²) in [5, 5.41) is 0. The van der Waals surface area contributed by atoms with Gasteiger partial charge in [0, 0.05) is 23.0 Å². The van der Waals surface area contributed by atoms with Crippen LogP contribution in [0, 0.1) is 5.92 Å². The van der Waals surface area contributed by atoms with Crippen LogP contribution in [0.5, 0.6) is 0 Å². The summed E-state index contributed by atoms with van der Waals surface area (Å²) in [6.07, 6.45) is 5.56. The van der Waals surface area contributed by atoms with Crippen molar-refractivity contribution in [3.05, 3.63) is 0 Å². The summed E-state index contributed by atoms with van der Waals surface area (Å²) < 4.78 is 11.6. The Morgan fingerprint density at radius 3 is 2.67 bits per heavy atom. The molecule has 18 heavy (non-hydrogen) atoms. The maximum absolute atomic E-state index is 12.4. The second-order valence-corrected chi connectivity index (χ2v) is 8.87. The number of ketones is 1. The topological polar surface area (TPSA) is 34.1 Å². The lowest BCUT2D eigenvalue weighted by molar-refractivity contribution is -0.119. The Balaban J connectivity index is 2.49. The molecule has 2 atom stereocenters. The summed E-state index contributed by atoms with van der Waals surface area (Å²) in [6.45, 7) is 6.42. The summed E-state index contributed by atoms with van der Waals surface area (Å²) in [7, 11) is -0.968. The summed E-state index contributed by atoms with van der Waals surface area (Å²) >= 11 is 1.64. The van der Waals surface area contributed by atoms with Crippen LogP contribution in [0.15, 0.2) is 0 Å². The highest BCUT2D eigenvalue weighted by atomic mass is 32.2. The number of unbranched alkanes of at least 4 members (excludes halogenated alkanes) is 1. The van der Waals surface area contributed by atoms with Gasteiger partial charge in [0.25, 0.3) is 0 Å². The molecule has 4 heteroatoms. The van der Waals surface area contributed by atoms with Crippen LogP contribution in [-0.4, -0.2) is 25.6 Å². The molecule has 106 valence electrons. The number of carbonyl (C=O) groups is 1. The fourth-order valence-electron chi connectivity index (χ4n) is 2.35. The average molecular weight is 290 g/mol. The molecule has 0 radical (unpaired) electrons. The lowest BCUT2D eigenvalue weighted by Gasteiger charge is -2.33. The summed E-state index contributed by atoms with van der Waals surface area (Å²) in [4.78, 5) is 12.4. The molecule has 1 rings (SSSR count). The Morgan fingerprint density at radius 2 is 2.11 bits per heavy atom. The fraction of sp³-hybridized carbons (Fsp3) is 0.929. The van der Waals surface area contributed by atoms with E-state index in [0.29, 0.717) is 24.5 Å². The van der Waals surface area contributed by atoms with E-state index in [1.807, 2.05) is 6.92 Å². The van der Waals surface area contributed by atoms with Crippen LogP contribution >= 0.6 is 11.8 Å². The maximum atomic E-state index is 12.4. The molecule has 0 saturated carbocycles. The lowest BCUT2D eigenvalue weighted by atomic mass is 10.0. The second-order valence-electron chi connectivity index (χ2n) is 5.42. The fourth-order valence-corrected chi connectivity index (χ4v) is 6.06. The number of carbonyl (C=O) groups excluding carboxylic acids is 1. The molecular formula is C14H26O2S2. The highest BCUT2D eigenvalue weighted by Gasteiger charge is 2.44. The Hall–Kier alpha value is 0.170. The van der Waals surface area contributed by atoms with E-state index < -0.39 is 14.9 Å². The first kappa shape index (κ1) is 16.2. The van der Waals surface area contributed by atoms with Gasteiger partial charge >= 0.3 is 0 Å². The molecule has 2 nitrogen and oxygen atoms in total. The van der Waals surface area contributed by atoms with Gasteiger partial charge in [0.15, 0.2) is 5.78 Å². The predicted molar refractivity (Wildman–Crippen MR) is 81.4 cm³/mol. The van der Waals surface area contributed by atoms with Gasteiger partial charge in [-0.05, 0) is 30.9 Å². The molecule has 0 aromatic carbocycles. The number of rotatable bonds is 7. The molecular weight excluding hydrogens is 264 g/mol. The Bertz CT molecular complexity index is 302. The summed E-state index contributed by atoms with van der Waals surface area (Å²) in [5.41, 5.74) is 0. The van der Waals surface area contributed by atoms with Crippen LogP contribution in [-0.2, 0) is 15.6 Å². The monoisotopic (exact) mass is 290 g/mol. The molecule has 1 aliphatic heterocycles. The summed E-state index contributed by atoms with van der Waals surface area (Å²) in [5.74, 6) is 2.63. The molecule has 1 aliphatic rings. The van der Waals surface area contributed by atoms with Crippen LogP contribution in [0.25, 0.3) is 0 Å². The van der Waals surface area contributed by atoms with Gasteiger partial charge in [-0.1, -0.05) is 33.6 Å². The van der Waals surface area contributed by atoms with Crippen molar-refractivity contribution in [3.63, 3.8) is 0 Å². The Labute approximate surface area is 118 Å². The van der Waals surface area contributed by atoms with Crippen molar-refractivity contribution in [2.24, 2.45) is 5.92 Å². The standard InChI is InChI=1S/C14H26O2S2/c1-4-14(17-10-7-11-18(14)16)13(15)9-6-5-8-12(2)3/h12H,4-11H2,1-3H3/t14-,18?/m1/s1.